The topological polar surface area (TPSA) is 50.9 Å². The fourth-order valence-electron chi connectivity index (χ4n) is 2.00. The zero-order valence-electron chi connectivity index (χ0n) is 9.48. The van der Waals surface area contributed by atoms with E-state index in [4.69, 9.17) is 0 Å². The zero-order chi connectivity index (χ0) is 12.7. The molecule has 1 N–H and O–H groups in total. The summed E-state index contributed by atoms with van der Waals surface area (Å²) in [6, 6.07) is 4.79. The molecular formula is C12H11BrFN3O. The normalized spacial score (nSPS) is 15.1. The first kappa shape index (κ1) is 11.8. The summed E-state index contributed by atoms with van der Waals surface area (Å²) >= 11 is 3.39. The first-order valence-corrected chi connectivity index (χ1v) is 6.50. The summed E-state index contributed by atoms with van der Waals surface area (Å²) in [6.45, 7) is -0.156. The summed E-state index contributed by atoms with van der Waals surface area (Å²) in [5, 5.41) is 17.3. The third-order valence-electron chi connectivity index (χ3n) is 2.99. The second-order valence-electron chi connectivity index (χ2n) is 4.32. The Morgan fingerprint density at radius 1 is 1.39 bits per heavy atom. The van der Waals surface area contributed by atoms with E-state index in [1.54, 1.807) is 6.07 Å². The molecule has 1 fully saturated rings. The van der Waals surface area contributed by atoms with Crippen molar-refractivity contribution in [1.29, 1.82) is 0 Å². The molecule has 4 nitrogen and oxygen atoms in total. The zero-order valence-corrected chi connectivity index (χ0v) is 11.1. The Morgan fingerprint density at radius 2 is 2.17 bits per heavy atom. The number of halogens is 2. The molecule has 94 valence electrons. The lowest BCUT2D eigenvalue weighted by Crippen LogP contribution is -2.03. The first-order valence-electron chi connectivity index (χ1n) is 5.70. The Balaban J connectivity index is 2.16. The van der Waals surface area contributed by atoms with Gasteiger partial charge in [0.25, 0.3) is 0 Å². The Labute approximate surface area is 112 Å². The fourth-order valence-corrected chi connectivity index (χ4v) is 2.42. The molecule has 0 atom stereocenters. The average Bonchev–Trinajstić information content (AvgIpc) is 3.12. The van der Waals surface area contributed by atoms with Gasteiger partial charge < -0.3 is 9.67 Å². The van der Waals surface area contributed by atoms with Crippen molar-refractivity contribution >= 4 is 15.9 Å². The number of aliphatic hydroxyl groups excluding tert-OH is 1. The van der Waals surface area contributed by atoms with Crippen LogP contribution in [0.15, 0.2) is 22.7 Å². The van der Waals surface area contributed by atoms with Gasteiger partial charge in [0.2, 0.25) is 0 Å². The van der Waals surface area contributed by atoms with Crippen LogP contribution in [-0.4, -0.2) is 19.9 Å². The van der Waals surface area contributed by atoms with Gasteiger partial charge in [-0.3, -0.25) is 0 Å². The summed E-state index contributed by atoms with van der Waals surface area (Å²) in [5.74, 6) is 0.820. The van der Waals surface area contributed by atoms with Crippen molar-refractivity contribution in [3.05, 3.63) is 34.3 Å². The van der Waals surface area contributed by atoms with Crippen LogP contribution in [0.2, 0.25) is 0 Å². The summed E-state index contributed by atoms with van der Waals surface area (Å²) in [5.41, 5.74) is 0.661. The fraction of sp³-hybridized carbons (Fsp3) is 0.333. The Hall–Kier alpha value is -1.27. The number of nitrogens with zero attached hydrogens (tertiary/aromatic N) is 3. The Bertz CT molecular complexity index is 595. The molecule has 0 amide bonds. The van der Waals surface area contributed by atoms with Gasteiger partial charge in [0, 0.05) is 16.1 Å². The molecule has 0 radical (unpaired) electrons. The van der Waals surface area contributed by atoms with Gasteiger partial charge in [0.05, 0.1) is 0 Å². The van der Waals surface area contributed by atoms with Crippen molar-refractivity contribution in [1.82, 2.24) is 14.8 Å². The van der Waals surface area contributed by atoms with Crippen molar-refractivity contribution in [2.24, 2.45) is 0 Å². The van der Waals surface area contributed by atoms with Gasteiger partial charge in [-0.2, -0.15) is 0 Å². The molecule has 1 heterocycles. The number of benzene rings is 1. The van der Waals surface area contributed by atoms with E-state index in [9.17, 15) is 9.50 Å². The summed E-state index contributed by atoms with van der Waals surface area (Å²) in [4.78, 5) is 0. The highest BCUT2D eigenvalue weighted by Gasteiger charge is 2.30. The van der Waals surface area contributed by atoms with Crippen LogP contribution in [0.1, 0.15) is 24.7 Å². The predicted octanol–water partition coefficient (Wildman–Crippen LogP) is 2.67. The minimum absolute atomic E-state index is 0.156. The molecule has 3 rings (SSSR count). The highest BCUT2D eigenvalue weighted by atomic mass is 79.9. The van der Waals surface area contributed by atoms with E-state index < -0.39 is 0 Å². The minimum Gasteiger partial charge on any atom is -0.388 e. The van der Waals surface area contributed by atoms with Crippen molar-refractivity contribution in [3.8, 4) is 11.4 Å². The first-order chi connectivity index (χ1) is 8.70. The lowest BCUT2D eigenvalue weighted by Gasteiger charge is -2.09. The smallest absolute Gasteiger partial charge is 0.165 e. The standard InChI is InChI=1S/C12H11BrFN3O/c13-10-4-1-7(14)5-9(10)12-16-15-11(6-18)17(12)8-2-3-8/h1,4-5,8,18H,2-3,6H2. The monoisotopic (exact) mass is 311 g/mol. The molecular weight excluding hydrogens is 301 g/mol. The molecule has 0 spiro atoms. The number of hydrogen-bond acceptors (Lipinski definition) is 3. The van der Waals surface area contributed by atoms with Gasteiger partial charge in [-0.05, 0) is 31.0 Å². The number of aromatic nitrogens is 3. The maximum atomic E-state index is 13.3. The third kappa shape index (κ3) is 1.95. The predicted molar refractivity (Wildman–Crippen MR) is 67.3 cm³/mol. The van der Waals surface area contributed by atoms with Gasteiger partial charge >= 0.3 is 0 Å². The van der Waals surface area contributed by atoms with E-state index in [-0.39, 0.29) is 12.4 Å². The van der Waals surface area contributed by atoms with Crippen LogP contribution in [0, 0.1) is 5.82 Å². The minimum atomic E-state index is -0.316. The van der Waals surface area contributed by atoms with Gasteiger partial charge in [-0.25, -0.2) is 4.39 Å². The second kappa shape index (κ2) is 4.44. The van der Waals surface area contributed by atoms with E-state index in [0.717, 1.165) is 17.3 Å². The van der Waals surface area contributed by atoms with E-state index in [2.05, 4.69) is 26.1 Å². The Kier molecular flexibility index (Phi) is 2.91. The molecule has 0 bridgehead atoms. The van der Waals surface area contributed by atoms with Gasteiger partial charge in [-0.15, -0.1) is 10.2 Å². The molecule has 2 aromatic rings. The second-order valence-corrected chi connectivity index (χ2v) is 5.18. The molecule has 1 aromatic carbocycles. The molecule has 1 aliphatic rings. The van der Waals surface area contributed by atoms with Crippen molar-refractivity contribution in [2.45, 2.75) is 25.5 Å². The van der Waals surface area contributed by atoms with Crippen LogP contribution < -0.4 is 0 Å². The molecule has 0 aliphatic heterocycles. The molecule has 0 saturated heterocycles. The molecule has 6 heteroatoms. The Morgan fingerprint density at radius 3 is 2.83 bits per heavy atom. The summed E-state index contributed by atoms with van der Waals surface area (Å²) < 4.78 is 16.0. The highest BCUT2D eigenvalue weighted by molar-refractivity contribution is 9.10. The third-order valence-corrected chi connectivity index (χ3v) is 3.68. The van der Waals surface area contributed by atoms with Crippen LogP contribution in [0.25, 0.3) is 11.4 Å². The van der Waals surface area contributed by atoms with Crippen LogP contribution in [-0.2, 0) is 6.61 Å². The number of rotatable bonds is 3. The maximum absolute atomic E-state index is 13.3. The lowest BCUT2D eigenvalue weighted by atomic mass is 10.2. The van der Waals surface area contributed by atoms with Gasteiger partial charge in [0.1, 0.15) is 12.4 Å². The largest absolute Gasteiger partial charge is 0.388 e. The van der Waals surface area contributed by atoms with E-state index in [1.807, 2.05) is 4.57 Å². The highest BCUT2D eigenvalue weighted by Crippen LogP contribution is 2.40. The quantitative estimate of drug-likeness (QED) is 0.948. The van der Waals surface area contributed by atoms with Crippen molar-refractivity contribution in [3.63, 3.8) is 0 Å². The van der Waals surface area contributed by atoms with Crippen LogP contribution in [0.3, 0.4) is 0 Å². The molecule has 18 heavy (non-hydrogen) atoms. The van der Waals surface area contributed by atoms with Crippen LogP contribution >= 0.6 is 15.9 Å². The van der Waals surface area contributed by atoms with Gasteiger partial charge in [-0.1, -0.05) is 15.9 Å². The summed E-state index contributed by atoms with van der Waals surface area (Å²) in [7, 11) is 0. The van der Waals surface area contributed by atoms with Crippen LogP contribution in [0.5, 0.6) is 0 Å². The maximum Gasteiger partial charge on any atom is 0.165 e. The van der Waals surface area contributed by atoms with E-state index in [1.165, 1.54) is 12.1 Å². The van der Waals surface area contributed by atoms with Crippen molar-refractivity contribution in [2.75, 3.05) is 0 Å². The number of aliphatic hydroxyl groups is 1. The average molecular weight is 312 g/mol. The molecule has 1 saturated carbocycles. The van der Waals surface area contributed by atoms with Gasteiger partial charge in [0.15, 0.2) is 11.6 Å². The molecule has 1 aromatic heterocycles. The lowest BCUT2D eigenvalue weighted by molar-refractivity contribution is 0.265. The van der Waals surface area contributed by atoms with E-state index >= 15 is 0 Å². The SMILES string of the molecule is OCc1nnc(-c2cc(F)ccc2Br)n1C1CC1. The van der Waals surface area contributed by atoms with Crippen LogP contribution in [0.4, 0.5) is 4.39 Å². The number of hydrogen-bond donors (Lipinski definition) is 1. The van der Waals surface area contributed by atoms with E-state index in [0.29, 0.717) is 23.3 Å². The summed E-state index contributed by atoms with van der Waals surface area (Å²) in [6.07, 6.45) is 2.09. The van der Waals surface area contributed by atoms with Crippen molar-refractivity contribution < 1.29 is 9.50 Å². The molecule has 0 unspecified atom stereocenters. The molecule has 1 aliphatic carbocycles.